The van der Waals surface area contributed by atoms with Crippen LogP contribution in [-0.2, 0) is 35.1 Å². The van der Waals surface area contributed by atoms with E-state index in [0.717, 1.165) is 5.56 Å². The highest BCUT2D eigenvalue weighted by molar-refractivity contribution is 5.94. The predicted octanol–water partition coefficient (Wildman–Crippen LogP) is -0.988. The standard InChI is InChI=1S/C24H35N5O6/c1-15(2)9-18-23(33)27-13-22(32)35-14-16(3)25-11-20(30)26-12-21(31)28-19(24(34)29-18)10-17-7-5-4-6-8-17/h4-8,15-16,18-19,25H,9-14H2,1-3H3,(H,26,30)(H,27,33)(H,28,31)(H,29,34)/t16?,18-,19-/m0/s1. The molecule has 0 aromatic heterocycles. The van der Waals surface area contributed by atoms with Gasteiger partial charge in [0, 0.05) is 12.5 Å². The Balaban J connectivity index is 2.23. The largest absolute Gasteiger partial charge is 0.463 e. The molecule has 0 radical (unpaired) electrons. The van der Waals surface area contributed by atoms with E-state index in [9.17, 15) is 24.0 Å². The van der Waals surface area contributed by atoms with E-state index in [1.54, 1.807) is 6.92 Å². The van der Waals surface area contributed by atoms with Crippen LogP contribution in [0.1, 0.15) is 32.8 Å². The van der Waals surface area contributed by atoms with Crippen molar-refractivity contribution in [3.05, 3.63) is 35.9 Å². The summed E-state index contributed by atoms with van der Waals surface area (Å²) in [5, 5.41) is 13.2. The van der Waals surface area contributed by atoms with Crippen molar-refractivity contribution in [1.82, 2.24) is 26.6 Å². The molecule has 11 nitrogen and oxygen atoms in total. The number of carbonyl (C=O) groups excluding carboxylic acids is 5. The van der Waals surface area contributed by atoms with Gasteiger partial charge in [-0.15, -0.1) is 0 Å². The van der Waals surface area contributed by atoms with Gasteiger partial charge in [0.25, 0.3) is 0 Å². The first-order valence-corrected chi connectivity index (χ1v) is 11.7. The summed E-state index contributed by atoms with van der Waals surface area (Å²) in [6, 6.07) is 6.90. The maximum Gasteiger partial charge on any atom is 0.325 e. The number of esters is 1. The Bertz CT molecular complexity index is 892. The smallest absolute Gasteiger partial charge is 0.325 e. The first-order chi connectivity index (χ1) is 16.6. The predicted molar refractivity (Wildman–Crippen MR) is 128 cm³/mol. The quantitative estimate of drug-likeness (QED) is 0.340. The molecule has 1 heterocycles. The van der Waals surface area contributed by atoms with Crippen LogP contribution in [-0.4, -0.2) is 74.0 Å². The Hall–Kier alpha value is -3.47. The number of benzene rings is 1. The van der Waals surface area contributed by atoms with E-state index in [4.69, 9.17) is 4.74 Å². The number of hydrogen-bond acceptors (Lipinski definition) is 7. The summed E-state index contributed by atoms with van der Waals surface area (Å²) >= 11 is 0. The Kier molecular flexibility index (Phi) is 11.1. The molecule has 192 valence electrons. The number of nitrogens with one attached hydrogen (secondary N) is 5. The minimum Gasteiger partial charge on any atom is -0.463 e. The van der Waals surface area contributed by atoms with Crippen molar-refractivity contribution >= 4 is 29.6 Å². The second kappa shape index (κ2) is 14.1. The van der Waals surface area contributed by atoms with Crippen LogP contribution in [0.15, 0.2) is 30.3 Å². The van der Waals surface area contributed by atoms with E-state index in [2.05, 4.69) is 26.6 Å². The van der Waals surface area contributed by atoms with E-state index in [1.807, 2.05) is 44.2 Å². The van der Waals surface area contributed by atoms with Gasteiger partial charge in [-0.3, -0.25) is 24.0 Å². The van der Waals surface area contributed by atoms with E-state index in [1.165, 1.54) is 0 Å². The van der Waals surface area contributed by atoms with Gasteiger partial charge in [0.15, 0.2) is 0 Å². The first kappa shape index (κ1) is 27.8. The fraction of sp³-hybridized carbons (Fsp3) is 0.542. The molecule has 1 saturated heterocycles. The summed E-state index contributed by atoms with van der Waals surface area (Å²) in [7, 11) is 0. The lowest BCUT2D eigenvalue weighted by Crippen LogP contribution is -2.56. The molecule has 2 rings (SSSR count). The molecule has 1 aliphatic rings. The normalized spacial score (nSPS) is 23.8. The molecule has 0 spiro atoms. The zero-order valence-electron chi connectivity index (χ0n) is 20.4. The highest BCUT2D eigenvalue weighted by atomic mass is 16.5. The third-order valence-corrected chi connectivity index (χ3v) is 5.23. The van der Waals surface area contributed by atoms with Crippen molar-refractivity contribution in [1.29, 1.82) is 0 Å². The lowest BCUT2D eigenvalue weighted by molar-refractivity contribution is -0.144. The molecule has 3 atom stereocenters. The third kappa shape index (κ3) is 10.6. The Morgan fingerprint density at radius 2 is 1.57 bits per heavy atom. The van der Waals surface area contributed by atoms with Gasteiger partial charge in [-0.25, -0.2) is 0 Å². The fourth-order valence-corrected chi connectivity index (χ4v) is 3.40. The molecule has 1 fully saturated rings. The topological polar surface area (TPSA) is 155 Å². The van der Waals surface area contributed by atoms with Crippen LogP contribution >= 0.6 is 0 Å². The highest BCUT2D eigenvalue weighted by Gasteiger charge is 2.28. The number of rotatable bonds is 4. The highest BCUT2D eigenvalue weighted by Crippen LogP contribution is 2.08. The van der Waals surface area contributed by atoms with Crippen molar-refractivity contribution < 1.29 is 28.7 Å². The Labute approximate surface area is 205 Å². The number of carbonyl (C=O) groups is 5. The molecule has 0 saturated carbocycles. The van der Waals surface area contributed by atoms with Crippen LogP contribution in [0, 0.1) is 5.92 Å². The fourth-order valence-electron chi connectivity index (χ4n) is 3.40. The van der Waals surface area contributed by atoms with Crippen molar-refractivity contribution in [2.45, 2.75) is 51.7 Å². The van der Waals surface area contributed by atoms with Crippen molar-refractivity contribution in [2.75, 3.05) is 26.2 Å². The van der Waals surface area contributed by atoms with Gasteiger partial charge in [-0.2, -0.15) is 0 Å². The SMILES string of the molecule is CC(C)C[C@@H]1NC(=O)[C@H](Cc2ccccc2)NC(=O)CNC(=O)CNC(C)COC(=O)CNC1=O. The zero-order chi connectivity index (χ0) is 25.8. The second-order valence-electron chi connectivity index (χ2n) is 8.96. The minimum absolute atomic E-state index is 0.00417. The van der Waals surface area contributed by atoms with Crippen LogP contribution in [0.5, 0.6) is 0 Å². The number of amides is 4. The van der Waals surface area contributed by atoms with Crippen LogP contribution in [0.25, 0.3) is 0 Å². The van der Waals surface area contributed by atoms with Gasteiger partial charge < -0.3 is 31.3 Å². The molecule has 1 unspecified atom stereocenters. The minimum atomic E-state index is -0.980. The van der Waals surface area contributed by atoms with E-state index < -0.39 is 41.7 Å². The summed E-state index contributed by atoms with van der Waals surface area (Å²) in [6.07, 6.45) is 0.517. The molecule has 1 aliphatic heterocycles. The second-order valence-corrected chi connectivity index (χ2v) is 8.96. The molecule has 5 N–H and O–H groups in total. The summed E-state index contributed by atoms with van der Waals surface area (Å²) < 4.78 is 5.12. The third-order valence-electron chi connectivity index (χ3n) is 5.23. The average Bonchev–Trinajstić information content (AvgIpc) is 2.82. The Morgan fingerprint density at radius 1 is 0.857 bits per heavy atom. The first-order valence-electron chi connectivity index (χ1n) is 11.7. The van der Waals surface area contributed by atoms with Gasteiger partial charge in [0.1, 0.15) is 25.2 Å². The van der Waals surface area contributed by atoms with E-state index >= 15 is 0 Å². The maximum absolute atomic E-state index is 13.2. The van der Waals surface area contributed by atoms with Crippen LogP contribution < -0.4 is 26.6 Å². The van der Waals surface area contributed by atoms with Gasteiger partial charge in [-0.1, -0.05) is 44.2 Å². The summed E-state index contributed by atoms with van der Waals surface area (Å²) in [4.78, 5) is 62.6. The average molecular weight is 490 g/mol. The maximum atomic E-state index is 13.2. The molecule has 1 aromatic rings. The van der Waals surface area contributed by atoms with Crippen LogP contribution in [0.3, 0.4) is 0 Å². The summed E-state index contributed by atoms with van der Waals surface area (Å²) in [5.41, 5.74) is 0.810. The summed E-state index contributed by atoms with van der Waals surface area (Å²) in [6.45, 7) is 4.76. The van der Waals surface area contributed by atoms with Crippen molar-refractivity contribution in [3.63, 3.8) is 0 Å². The molecule has 1 aromatic carbocycles. The van der Waals surface area contributed by atoms with Crippen molar-refractivity contribution in [3.8, 4) is 0 Å². The van der Waals surface area contributed by atoms with Crippen LogP contribution in [0.2, 0.25) is 0 Å². The monoisotopic (exact) mass is 489 g/mol. The van der Waals surface area contributed by atoms with Crippen LogP contribution in [0.4, 0.5) is 0 Å². The lowest BCUT2D eigenvalue weighted by Gasteiger charge is -2.24. The molecule has 11 heteroatoms. The number of hydrogen-bond donors (Lipinski definition) is 5. The van der Waals surface area contributed by atoms with Crippen molar-refractivity contribution in [2.24, 2.45) is 5.92 Å². The number of cyclic esters (lactones) is 1. The molecule has 4 amide bonds. The van der Waals surface area contributed by atoms with Gasteiger partial charge in [-0.05, 0) is 24.8 Å². The Morgan fingerprint density at radius 3 is 2.26 bits per heavy atom. The summed E-state index contributed by atoms with van der Waals surface area (Å²) in [5.74, 6) is -2.60. The van der Waals surface area contributed by atoms with Gasteiger partial charge in [0.05, 0.1) is 13.1 Å². The lowest BCUT2D eigenvalue weighted by atomic mass is 10.0. The molecule has 0 bridgehead atoms. The molecule has 0 aliphatic carbocycles. The van der Waals surface area contributed by atoms with Gasteiger partial charge in [0.2, 0.25) is 23.6 Å². The van der Waals surface area contributed by atoms with E-state index in [-0.39, 0.29) is 44.6 Å². The molecule has 35 heavy (non-hydrogen) atoms. The molecular weight excluding hydrogens is 454 g/mol. The van der Waals surface area contributed by atoms with Gasteiger partial charge >= 0.3 is 5.97 Å². The number of ether oxygens (including phenoxy) is 1. The van der Waals surface area contributed by atoms with E-state index in [0.29, 0.717) is 6.42 Å². The molecular formula is C24H35N5O6. The zero-order valence-corrected chi connectivity index (χ0v) is 20.4.